The van der Waals surface area contributed by atoms with E-state index in [2.05, 4.69) is 62.2 Å². The lowest BCUT2D eigenvalue weighted by atomic mass is 9.63. The number of amides is 1. The predicted octanol–water partition coefficient (Wildman–Crippen LogP) is 7.94. The molecule has 6 heteroatoms. The lowest BCUT2D eigenvalue weighted by Gasteiger charge is -2.49. The summed E-state index contributed by atoms with van der Waals surface area (Å²) in [6, 6.07) is 25.6. The van der Waals surface area contributed by atoms with Crippen LogP contribution in [0.3, 0.4) is 0 Å². The molecular weight excluding hydrogens is 572 g/mol. The van der Waals surface area contributed by atoms with Crippen LogP contribution in [0.25, 0.3) is 0 Å². The van der Waals surface area contributed by atoms with Gasteiger partial charge < -0.3 is 15.0 Å². The SMILES string of the molecule is Cc1cccc(NC(=O)COc2ccc(C3C4=C(CC(C)(C)CC4=O)N(CCc4ccccc4)C4=C3C(=O)CC(C)(C)C4)cc2)c1. The number of hydrogen-bond acceptors (Lipinski definition) is 5. The van der Waals surface area contributed by atoms with Crippen molar-refractivity contribution in [3.05, 3.63) is 118 Å². The maximum atomic E-state index is 14.1. The molecule has 0 aromatic heterocycles. The zero-order valence-electron chi connectivity index (χ0n) is 27.6. The minimum atomic E-state index is -0.413. The number of nitrogens with one attached hydrogen (secondary N) is 1. The monoisotopic (exact) mass is 616 g/mol. The number of hydrogen-bond donors (Lipinski definition) is 1. The maximum Gasteiger partial charge on any atom is 0.262 e. The van der Waals surface area contributed by atoms with Gasteiger partial charge in [-0.3, -0.25) is 14.4 Å². The molecule has 1 N–H and O–H groups in total. The lowest BCUT2D eigenvalue weighted by Crippen LogP contribution is -2.45. The zero-order chi connectivity index (χ0) is 32.6. The second kappa shape index (κ2) is 12.4. The summed E-state index contributed by atoms with van der Waals surface area (Å²) in [5.41, 5.74) is 7.26. The fourth-order valence-corrected chi connectivity index (χ4v) is 7.36. The van der Waals surface area contributed by atoms with Crippen LogP contribution >= 0.6 is 0 Å². The highest BCUT2D eigenvalue weighted by molar-refractivity contribution is 6.06. The second-order valence-electron chi connectivity index (χ2n) is 14.7. The number of allylic oxidation sites excluding steroid dienone is 4. The van der Waals surface area contributed by atoms with E-state index in [-0.39, 0.29) is 34.9 Å². The van der Waals surface area contributed by atoms with Gasteiger partial charge in [-0.15, -0.1) is 0 Å². The van der Waals surface area contributed by atoms with Gasteiger partial charge in [-0.25, -0.2) is 0 Å². The number of ketones is 2. The Morgan fingerprint density at radius 2 is 1.41 bits per heavy atom. The van der Waals surface area contributed by atoms with Gasteiger partial charge in [0.05, 0.1) is 0 Å². The number of carbonyl (C=O) groups excluding carboxylic acids is 3. The molecule has 3 aromatic carbocycles. The molecule has 3 aromatic rings. The normalized spacial score (nSPS) is 19.1. The Bertz CT molecular complexity index is 1680. The number of rotatable bonds is 8. The van der Waals surface area contributed by atoms with Crippen LogP contribution in [0, 0.1) is 17.8 Å². The van der Waals surface area contributed by atoms with Crippen molar-refractivity contribution in [2.75, 3.05) is 18.5 Å². The summed E-state index contributed by atoms with van der Waals surface area (Å²) in [6.45, 7) is 11.2. The summed E-state index contributed by atoms with van der Waals surface area (Å²) < 4.78 is 5.84. The Hall–Kier alpha value is -4.45. The van der Waals surface area contributed by atoms with Gasteiger partial charge >= 0.3 is 0 Å². The molecule has 238 valence electrons. The molecule has 0 radical (unpaired) electrons. The summed E-state index contributed by atoms with van der Waals surface area (Å²) in [5.74, 6) is 0.146. The summed E-state index contributed by atoms with van der Waals surface area (Å²) in [6.07, 6.45) is 3.29. The smallest absolute Gasteiger partial charge is 0.262 e. The van der Waals surface area contributed by atoms with Crippen molar-refractivity contribution in [3.8, 4) is 5.75 Å². The average molecular weight is 617 g/mol. The van der Waals surface area contributed by atoms with Crippen molar-refractivity contribution < 1.29 is 19.1 Å². The van der Waals surface area contributed by atoms with Gasteiger partial charge in [0.2, 0.25) is 0 Å². The van der Waals surface area contributed by atoms with E-state index in [1.165, 1.54) is 5.56 Å². The largest absolute Gasteiger partial charge is 0.484 e. The quantitative estimate of drug-likeness (QED) is 0.278. The molecule has 46 heavy (non-hydrogen) atoms. The van der Waals surface area contributed by atoms with E-state index >= 15 is 0 Å². The first kappa shape index (κ1) is 31.5. The molecule has 1 amide bonds. The topological polar surface area (TPSA) is 75.7 Å². The number of benzene rings is 3. The van der Waals surface area contributed by atoms with Gasteiger partial charge in [-0.05, 0) is 78.0 Å². The molecule has 6 nitrogen and oxygen atoms in total. The number of Topliss-reactive ketones (excluding diaryl/α,β-unsaturated/α-hetero) is 2. The summed E-state index contributed by atoms with van der Waals surface area (Å²) in [4.78, 5) is 43.1. The Kier molecular flexibility index (Phi) is 8.49. The first-order valence-electron chi connectivity index (χ1n) is 16.3. The third-order valence-electron chi connectivity index (χ3n) is 9.37. The van der Waals surface area contributed by atoms with Crippen molar-refractivity contribution in [1.82, 2.24) is 4.90 Å². The molecule has 3 aliphatic rings. The van der Waals surface area contributed by atoms with Gasteiger partial charge in [0, 0.05) is 53.5 Å². The maximum absolute atomic E-state index is 14.1. The van der Waals surface area contributed by atoms with Crippen LogP contribution in [-0.2, 0) is 20.8 Å². The summed E-state index contributed by atoms with van der Waals surface area (Å²) in [7, 11) is 0. The van der Waals surface area contributed by atoms with E-state index < -0.39 is 5.92 Å². The van der Waals surface area contributed by atoms with Crippen LogP contribution in [0.15, 0.2) is 101 Å². The van der Waals surface area contributed by atoms with Gasteiger partial charge in [0.15, 0.2) is 18.2 Å². The Morgan fingerprint density at radius 1 is 0.804 bits per heavy atom. The average Bonchev–Trinajstić information content (AvgIpc) is 2.98. The molecule has 0 saturated heterocycles. The molecule has 0 atom stereocenters. The first-order valence-corrected chi connectivity index (χ1v) is 16.3. The van der Waals surface area contributed by atoms with Crippen molar-refractivity contribution in [2.45, 2.75) is 72.6 Å². The molecule has 0 saturated carbocycles. The zero-order valence-corrected chi connectivity index (χ0v) is 27.6. The van der Waals surface area contributed by atoms with E-state index in [1.807, 2.05) is 61.5 Å². The Balaban J connectivity index is 1.32. The third kappa shape index (κ3) is 6.72. The van der Waals surface area contributed by atoms with E-state index in [4.69, 9.17) is 4.74 Å². The standard InChI is InChI=1S/C40H44N2O4/c1-26-10-9-13-29(20-26)41-35(45)25-46-30-16-14-28(15-17-30)36-37-31(21-39(2,3)23-33(37)43)42(19-18-27-11-7-6-8-12-27)32-22-40(4,5)24-34(44)38(32)36/h6-17,20,36H,18-19,21-25H2,1-5H3,(H,41,45). The number of nitrogens with zero attached hydrogens (tertiary/aromatic N) is 1. The highest BCUT2D eigenvalue weighted by Crippen LogP contribution is 2.54. The van der Waals surface area contributed by atoms with Gasteiger partial charge in [0.25, 0.3) is 5.91 Å². The van der Waals surface area contributed by atoms with Crippen LogP contribution in [0.2, 0.25) is 0 Å². The number of anilines is 1. The fraction of sp³-hybridized carbons (Fsp3) is 0.375. The molecule has 0 unspecified atom stereocenters. The highest BCUT2D eigenvalue weighted by atomic mass is 16.5. The summed E-state index contributed by atoms with van der Waals surface area (Å²) in [5, 5.41) is 2.87. The van der Waals surface area contributed by atoms with Crippen molar-refractivity contribution in [1.29, 1.82) is 0 Å². The minimum Gasteiger partial charge on any atom is -0.484 e. The lowest BCUT2D eigenvalue weighted by molar-refractivity contribution is -0.120. The van der Waals surface area contributed by atoms with Crippen LogP contribution in [0.1, 0.15) is 76.0 Å². The van der Waals surface area contributed by atoms with Crippen LogP contribution < -0.4 is 10.1 Å². The minimum absolute atomic E-state index is 0.123. The molecule has 1 aliphatic heterocycles. The van der Waals surface area contributed by atoms with Crippen LogP contribution in [0.5, 0.6) is 5.75 Å². The number of carbonyl (C=O) groups is 3. The van der Waals surface area contributed by atoms with E-state index in [9.17, 15) is 14.4 Å². The predicted molar refractivity (Wildman–Crippen MR) is 181 cm³/mol. The third-order valence-corrected chi connectivity index (χ3v) is 9.37. The van der Waals surface area contributed by atoms with Gasteiger partial charge in [-0.1, -0.05) is 82.3 Å². The Labute approximate surface area is 272 Å². The molecule has 6 rings (SSSR count). The van der Waals surface area contributed by atoms with Crippen LogP contribution in [0.4, 0.5) is 5.69 Å². The fourth-order valence-electron chi connectivity index (χ4n) is 7.36. The van der Waals surface area contributed by atoms with E-state index in [1.54, 1.807) is 0 Å². The summed E-state index contributed by atoms with van der Waals surface area (Å²) >= 11 is 0. The van der Waals surface area contributed by atoms with Crippen LogP contribution in [-0.4, -0.2) is 35.5 Å². The molecule has 2 aliphatic carbocycles. The Morgan fingerprint density at radius 3 is 2.00 bits per heavy atom. The molecular formula is C40H44N2O4. The van der Waals surface area contributed by atoms with Crippen molar-refractivity contribution in [2.24, 2.45) is 10.8 Å². The van der Waals surface area contributed by atoms with Gasteiger partial charge in [-0.2, -0.15) is 0 Å². The van der Waals surface area contributed by atoms with E-state index in [0.29, 0.717) is 18.6 Å². The number of ether oxygens (including phenoxy) is 1. The highest BCUT2D eigenvalue weighted by Gasteiger charge is 2.48. The van der Waals surface area contributed by atoms with Gasteiger partial charge in [0.1, 0.15) is 5.75 Å². The molecule has 0 spiro atoms. The molecule has 0 fully saturated rings. The molecule has 1 heterocycles. The van der Waals surface area contributed by atoms with Crippen molar-refractivity contribution in [3.63, 3.8) is 0 Å². The van der Waals surface area contributed by atoms with E-state index in [0.717, 1.165) is 65.2 Å². The molecule has 0 bridgehead atoms. The van der Waals surface area contributed by atoms with Crippen molar-refractivity contribution >= 4 is 23.2 Å². The number of aryl methyl sites for hydroxylation is 1. The first-order chi connectivity index (χ1) is 21.9. The second-order valence-corrected chi connectivity index (χ2v) is 14.7.